The fraction of sp³-hybridized carbons (Fsp3) is 0.600. The second-order valence-corrected chi connectivity index (χ2v) is 6.85. The first-order chi connectivity index (χ1) is 14.8. The average molecular weight is 443 g/mol. The van der Waals surface area contributed by atoms with E-state index in [-0.39, 0.29) is 18.8 Å². The van der Waals surface area contributed by atoms with Gasteiger partial charge in [0.15, 0.2) is 6.10 Å². The van der Waals surface area contributed by atoms with E-state index >= 15 is 0 Å². The van der Waals surface area contributed by atoms with E-state index in [0.29, 0.717) is 31.1 Å². The number of ether oxygens (including phenoxy) is 5. The van der Waals surface area contributed by atoms with Gasteiger partial charge in [0.2, 0.25) is 6.29 Å². The third-order valence-corrected chi connectivity index (χ3v) is 4.40. The van der Waals surface area contributed by atoms with E-state index in [4.69, 9.17) is 23.7 Å². The summed E-state index contributed by atoms with van der Waals surface area (Å²) >= 11 is 0. The number of carboxylic acid groups (broad SMARTS) is 1. The summed E-state index contributed by atoms with van der Waals surface area (Å²) in [6.45, 7) is 3.13. The van der Waals surface area contributed by atoms with Gasteiger partial charge in [-0.15, -0.1) is 0 Å². The second-order valence-electron chi connectivity index (χ2n) is 6.85. The molecule has 174 valence electrons. The lowest BCUT2D eigenvalue weighted by molar-refractivity contribution is -0.228. The molecule has 1 aromatic rings. The maximum absolute atomic E-state index is 11.3. The van der Waals surface area contributed by atoms with Crippen molar-refractivity contribution in [3.05, 3.63) is 23.8 Å². The molecule has 0 aromatic heterocycles. The monoisotopic (exact) mass is 443 g/mol. The van der Waals surface area contributed by atoms with Crippen LogP contribution < -0.4 is 14.8 Å². The Morgan fingerprint density at radius 2 is 2.00 bits per heavy atom. The predicted octanol–water partition coefficient (Wildman–Crippen LogP) is -0.335. The second kappa shape index (κ2) is 12.4. The number of carbonyl (C=O) groups is 2. The van der Waals surface area contributed by atoms with E-state index < -0.39 is 36.5 Å². The third kappa shape index (κ3) is 7.96. The van der Waals surface area contributed by atoms with Crippen LogP contribution in [0.1, 0.15) is 18.9 Å². The summed E-state index contributed by atoms with van der Waals surface area (Å²) < 4.78 is 27.1. The smallest absolute Gasteiger partial charge is 0.335 e. The van der Waals surface area contributed by atoms with E-state index in [2.05, 4.69) is 5.32 Å². The zero-order chi connectivity index (χ0) is 22.8. The van der Waals surface area contributed by atoms with Crippen molar-refractivity contribution in [2.45, 2.75) is 44.6 Å². The Morgan fingerprint density at radius 1 is 1.23 bits per heavy atom. The number of nitrogens with one attached hydrogen (secondary N) is 1. The Bertz CT molecular complexity index is 728. The molecule has 0 spiro atoms. The van der Waals surface area contributed by atoms with Crippen molar-refractivity contribution in [1.82, 2.24) is 5.32 Å². The maximum atomic E-state index is 11.3. The van der Waals surface area contributed by atoms with E-state index in [0.717, 1.165) is 6.54 Å². The van der Waals surface area contributed by atoms with Crippen molar-refractivity contribution in [2.24, 2.45) is 0 Å². The summed E-state index contributed by atoms with van der Waals surface area (Å²) in [6, 6.07) is 4.85. The topological polar surface area (TPSA) is 153 Å². The van der Waals surface area contributed by atoms with Gasteiger partial charge in [0.25, 0.3) is 0 Å². The van der Waals surface area contributed by atoms with Crippen molar-refractivity contribution in [1.29, 1.82) is 0 Å². The molecule has 1 fully saturated rings. The van der Waals surface area contributed by atoms with Crippen LogP contribution >= 0.6 is 0 Å². The fourth-order valence-electron chi connectivity index (χ4n) is 2.79. The maximum Gasteiger partial charge on any atom is 0.335 e. The van der Waals surface area contributed by atoms with E-state index in [1.807, 2.05) is 7.05 Å². The first-order valence-corrected chi connectivity index (χ1v) is 9.84. The summed E-state index contributed by atoms with van der Waals surface area (Å²) in [5.41, 5.74) is 0.490. The molecule has 0 aliphatic carbocycles. The Hall–Kier alpha value is -2.44. The molecule has 11 heteroatoms. The number of carbonyl (C=O) groups excluding carboxylic acids is 1. The fourth-order valence-corrected chi connectivity index (χ4v) is 2.79. The molecule has 0 bridgehead atoms. The van der Waals surface area contributed by atoms with Gasteiger partial charge in [-0.3, -0.25) is 4.79 Å². The number of aliphatic carboxylic acids is 1. The van der Waals surface area contributed by atoms with Crippen LogP contribution in [0, 0.1) is 0 Å². The third-order valence-electron chi connectivity index (χ3n) is 4.40. The first kappa shape index (κ1) is 24.8. The van der Waals surface area contributed by atoms with Gasteiger partial charge >= 0.3 is 11.9 Å². The highest BCUT2D eigenvalue weighted by Crippen LogP contribution is 2.30. The van der Waals surface area contributed by atoms with Crippen LogP contribution in [0.3, 0.4) is 0 Å². The minimum absolute atomic E-state index is 0.0850. The van der Waals surface area contributed by atoms with Gasteiger partial charge in [-0.25, -0.2) is 4.79 Å². The normalized spacial score (nSPS) is 23.2. The van der Waals surface area contributed by atoms with E-state index in [1.54, 1.807) is 18.2 Å². The number of aliphatic hydroxyl groups excluding tert-OH is 2. The molecule has 1 aliphatic heterocycles. The van der Waals surface area contributed by atoms with Crippen LogP contribution in [0.2, 0.25) is 0 Å². The molecular weight excluding hydrogens is 414 g/mol. The Balaban J connectivity index is 2.08. The lowest BCUT2D eigenvalue weighted by Gasteiger charge is -2.35. The van der Waals surface area contributed by atoms with Crippen molar-refractivity contribution in [2.75, 3.05) is 33.4 Å². The quantitative estimate of drug-likeness (QED) is 0.248. The SMILES string of the molecule is CNCCOCCOc1ccc(COC(C)=O)c(OC2CC(O)[C@H](O)C(C(=O)O)O2)c1. The number of esters is 1. The molecule has 4 atom stereocenters. The molecular formula is C20H29NO10. The van der Waals surface area contributed by atoms with Gasteiger partial charge in [-0.1, -0.05) is 0 Å². The molecule has 11 nitrogen and oxygen atoms in total. The average Bonchev–Trinajstić information content (AvgIpc) is 2.72. The van der Waals surface area contributed by atoms with Gasteiger partial charge < -0.3 is 44.3 Å². The largest absolute Gasteiger partial charge is 0.491 e. The Morgan fingerprint density at radius 3 is 2.68 bits per heavy atom. The summed E-state index contributed by atoms with van der Waals surface area (Å²) in [4.78, 5) is 22.4. The van der Waals surface area contributed by atoms with Crippen molar-refractivity contribution in [3.63, 3.8) is 0 Å². The van der Waals surface area contributed by atoms with Crippen LogP contribution in [0.15, 0.2) is 18.2 Å². The van der Waals surface area contributed by atoms with Gasteiger partial charge in [0, 0.05) is 31.5 Å². The Labute approximate surface area is 179 Å². The molecule has 1 heterocycles. The highest BCUT2D eigenvalue weighted by Gasteiger charge is 2.42. The molecule has 1 aliphatic rings. The van der Waals surface area contributed by atoms with Crippen LogP contribution in [-0.4, -0.2) is 85.3 Å². The van der Waals surface area contributed by atoms with Crippen LogP contribution in [-0.2, 0) is 30.4 Å². The van der Waals surface area contributed by atoms with Crippen LogP contribution in [0.25, 0.3) is 0 Å². The van der Waals surface area contributed by atoms with Crippen molar-refractivity contribution in [3.8, 4) is 11.5 Å². The minimum atomic E-state index is -1.64. The lowest BCUT2D eigenvalue weighted by Crippen LogP contribution is -2.53. The molecule has 3 unspecified atom stereocenters. The molecule has 0 radical (unpaired) electrons. The van der Waals surface area contributed by atoms with E-state index in [1.165, 1.54) is 6.92 Å². The number of hydrogen-bond donors (Lipinski definition) is 4. The summed E-state index contributed by atoms with van der Waals surface area (Å²) in [5, 5.41) is 31.9. The number of benzene rings is 1. The van der Waals surface area contributed by atoms with Crippen LogP contribution in [0.5, 0.6) is 11.5 Å². The summed E-state index contributed by atoms with van der Waals surface area (Å²) in [6.07, 6.45) is -5.85. The molecule has 1 saturated heterocycles. The molecule has 0 saturated carbocycles. The summed E-state index contributed by atoms with van der Waals surface area (Å²) in [5.74, 6) is -1.23. The lowest BCUT2D eigenvalue weighted by atomic mass is 10.0. The predicted molar refractivity (Wildman–Crippen MR) is 106 cm³/mol. The summed E-state index contributed by atoms with van der Waals surface area (Å²) in [7, 11) is 1.83. The zero-order valence-corrected chi connectivity index (χ0v) is 17.5. The highest BCUT2D eigenvalue weighted by molar-refractivity contribution is 5.73. The number of likely N-dealkylation sites (N-methyl/N-ethyl adjacent to an activating group) is 1. The molecule has 1 aromatic carbocycles. The van der Waals surface area contributed by atoms with Gasteiger partial charge in [-0.05, 0) is 19.2 Å². The standard InChI is InChI=1S/C20H29NO10/c1-12(22)29-11-13-3-4-14(28-8-7-27-6-5-21-2)9-16(13)30-17-10-15(23)18(24)19(31-17)20(25)26/h3-4,9,15,17-19,21,23-24H,5-8,10-11H2,1-2H3,(H,25,26)/t15?,17?,18-,19?/m0/s1. The van der Waals surface area contributed by atoms with Gasteiger partial charge in [-0.2, -0.15) is 0 Å². The molecule has 31 heavy (non-hydrogen) atoms. The first-order valence-electron chi connectivity index (χ1n) is 9.84. The minimum Gasteiger partial charge on any atom is -0.491 e. The van der Waals surface area contributed by atoms with Crippen molar-refractivity contribution >= 4 is 11.9 Å². The molecule has 4 N–H and O–H groups in total. The molecule has 2 rings (SSSR count). The van der Waals surface area contributed by atoms with Crippen LogP contribution in [0.4, 0.5) is 0 Å². The zero-order valence-electron chi connectivity index (χ0n) is 17.5. The van der Waals surface area contributed by atoms with Crippen molar-refractivity contribution < 1.29 is 48.6 Å². The molecule has 0 amide bonds. The van der Waals surface area contributed by atoms with Gasteiger partial charge in [0.05, 0.1) is 19.3 Å². The highest BCUT2D eigenvalue weighted by atomic mass is 16.7. The number of rotatable bonds is 12. The Kier molecular flexibility index (Phi) is 9.95. The van der Waals surface area contributed by atoms with Gasteiger partial charge in [0.1, 0.15) is 30.8 Å². The number of aliphatic hydroxyl groups is 2. The van der Waals surface area contributed by atoms with E-state index in [9.17, 15) is 24.9 Å². The number of carboxylic acids is 1. The number of hydrogen-bond acceptors (Lipinski definition) is 10.